The summed E-state index contributed by atoms with van der Waals surface area (Å²) in [6.45, 7) is 5.99. The second-order valence-corrected chi connectivity index (χ2v) is 7.89. The van der Waals surface area contributed by atoms with Gasteiger partial charge in [0, 0.05) is 26.2 Å². The number of nitrogens with zero attached hydrogens (tertiary/aromatic N) is 1. The Morgan fingerprint density at radius 1 is 0.967 bits per heavy atom. The van der Waals surface area contributed by atoms with Crippen molar-refractivity contribution in [3.05, 3.63) is 76.4 Å². The molecule has 0 spiro atoms. The lowest BCUT2D eigenvalue weighted by Gasteiger charge is -2.30. The van der Waals surface area contributed by atoms with E-state index in [1.54, 1.807) is 0 Å². The summed E-state index contributed by atoms with van der Waals surface area (Å²) in [5.74, 6) is 0. The van der Waals surface area contributed by atoms with Crippen LogP contribution in [0, 0.1) is 0 Å². The Balaban J connectivity index is 1.47. The highest BCUT2D eigenvalue weighted by Gasteiger charge is 2.22. The number of fused-ring (bicyclic) bond motifs is 2. The lowest BCUT2D eigenvalue weighted by atomic mass is 9.86. The van der Waals surface area contributed by atoms with Crippen LogP contribution in [-0.2, 0) is 4.74 Å². The number of nitrogens with one attached hydrogen (secondary N) is 1. The molecule has 0 aromatic heterocycles. The number of rotatable bonds is 5. The highest BCUT2D eigenvalue weighted by molar-refractivity contribution is 5.94. The zero-order valence-electron chi connectivity index (χ0n) is 17.7. The molecule has 0 unspecified atom stereocenters. The summed E-state index contributed by atoms with van der Waals surface area (Å²) in [6.07, 6.45) is 7.12. The monoisotopic (exact) mass is 402 g/mol. The van der Waals surface area contributed by atoms with E-state index in [0.29, 0.717) is 13.2 Å². The molecule has 2 aromatic carbocycles. The third kappa shape index (κ3) is 4.65. The van der Waals surface area contributed by atoms with Gasteiger partial charge in [-0.3, -0.25) is 0 Å². The van der Waals surface area contributed by atoms with E-state index < -0.39 is 0 Å². The van der Waals surface area contributed by atoms with Crippen molar-refractivity contribution in [2.75, 3.05) is 32.8 Å². The van der Waals surface area contributed by atoms with Crippen LogP contribution in [0.4, 0.5) is 4.79 Å². The first-order valence-electron chi connectivity index (χ1n) is 11.0. The van der Waals surface area contributed by atoms with Crippen molar-refractivity contribution in [2.24, 2.45) is 0 Å². The normalized spacial score (nSPS) is 15.9. The molecule has 1 aliphatic heterocycles. The number of benzene rings is 2. The van der Waals surface area contributed by atoms with E-state index in [1.165, 1.54) is 33.4 Å². The van der Waals surface area contributed by atoms with E-state index in [0.717, 1.165) is 38.9 Å². The van der Waals surface area contributed by atoms with Crippen molar-refractivity contribution in [1.82, 2.24) is 10.2 Å². The van der Waals surface area contributed by atoms with Crippen LogP contribution in [0.5, 0.6) is 0 Å². The third-order valence-corrected chi connectivity index (χ3v) is 5.85. The summed E-state index contributed by atoms with van der Waals surface area (Å²) in [5, 5.41) is 2.85. The molecule has 0 radical (unpaired) electrons. The molecule has 30 heavy (non-hydrogen) atoms. The molecular weight excluding hydrogens is 372 g/mol. The van der Waals surface area contributed by atoms with Gasteiger partial charge >= 0.3 is 6.09 Å². The Hall–Kier alpha value is -2.85. The standard InChI is InChI=1S/C26H30N2O2/c1-2-19-30-26(29)27-15-18-28-16-13-22(14-17-28)25-23-9-5-3-7-20(23)11-12-21-8-4-6-10-24(21)25/h3-12H,2,13-19H2,1H3,(H,27,29). The van der Waals surface area contributed by atoms with Crippen LogP contribution in [0.3, 0.4) is 0 Å². The Morgan fingerprint density at radius 2 is 1.57 bits per heavy atom. The Morgan fingerprint density at radius 3 is 2.17 bits per heavy atom. The predicted octanol–water partition coefficient (Wildman–Crippen LogP) is 5.20. The van der Waals surface area contributed by atoms with Crippen LogP contribution < -0.4 is 5.32 Å². The second kappa shape index (κ2) is 9.77. The molecule has 0 bridgehead atoms. The molecule has 1 heterocycles. The summed E-state index contributed by atoms with van der Waals surface area (Å²) in [6, 6.07) is 17.4. The Bertz CT molecular complexity index is 900. The van der Waals surface area contributed by atoms with E-state index in [2.05, 4.69) is 70.9 Å². The smallest absolute Gasteiger partial charge is 0.407 e. The van der Waals surface area contributed by atoms with Gasteiger partial charge in [-0.05, 0) is 47.1 Å². The number of hydrogen-bond donors (Lipinski definition) is 1. The van der Waals surface area contributed by atoms with E-state index in [-0.39, 0.29) is 6.09 Å². The summed E-state index contributed by atoms with van der Waals surface area (Å²) >= 11 is 0. The number of amides is 1. The van der Waals surface area contributed by atoms with Crippen LogP contribution in [0.1, 0.15) is 48.4 Å². The fourth-order valence-electron chi connectivity index (χ4n) is 4.30. The molecule has 2 aromatic rings. The van der Waals surface area contributed by atoms with Gasteiger partial charge in [-0.1, -0.05) is 73.2 Å². The molecule has 4 rings (SSSR count). The van der Waals surface area contributed by atoms with Gasteiger partial charge < -0.3 is 15.0 Å². The van der Waals surface area contributed by atoms with Gasteiger partial charge in [0.1, 0.15) is 0 Å². The van der Waals surface area contributed by atoms with Gasteiger partial charge in [0.2, 0.25) is 0 Å². The molecule has 156 valence electrons. The van der Waals surface area contributed by atoms with Crippen LogP contribution in [0.2, 0.25) is 0 Å². The number of hydrogen-bond acceptors (Lipinski definition) is 3. The summed E-state index contributed by atoms with van der Waals surface area (Å²) in [4.78, 5) is 14.0. The quantitative estimate of drug-likeness (QED) is 0.637. The van der Waals surface area contributed by atoms with Gasteiger partial charge in [-0.25, -0.2) is 4.79 Å². The Kier molecular flexibility index (Phi) is 6.65. The van der Waals surface area contributed by atoms with E-state index in [4.69, 9.17) is 4.74 Å². The number of carbonyl (C=O) groups is 1. The maximum atomic E-state index is 11.6. The van der Waals surface area contributed by atoms with Crippen molar-refractivity contribution in [1.29, 1.82) is 0 Å². The fraction of sp³-hybridized carbons (Fsp3) is 0.346. The lowest BCUT2D eigenvalue weighted by Crippen LogP contribution is -2.38. The van der Waals surface area contributed by atoms with E-state index >= 15 is 0 Å². The van der Waals surface area contributed by atoms with Gasteiger partial charge in [-0.2, -0.15) is 0 Å². The zero-order valence-corrected chi connectivity index (χ0v) is 17.7. The number of carbonyl (C=O) groups excluding carboxylic acids is 1. The fourth-order valence-corrected chi connectivity index (χ4v) is 4.30. The van der Waals surface area contributed by atoms with Gasteiger partial charge in [0.05, 0.1) is 6.61 Å². The summed E-state index contributed by atoms with van der Waals surface area (Å²) in [7, 11) is 0. The van der Waals surface area contributed by atoms with E-state index in [9.17, 15) is 4.79 Å². The minimum atomic E-state index is -0.309. The zero-order chi connectivity index (χ0) is 20.8. The maximum Gasteiger partial charge on any atom is 0.407 e. The van der Waals surface area contributed by atoms with Crippen molar-refractivity contribution in [3.63, 3.8) is 0 Å². The average molecular weight is 403 g/mol. The van der Waals surface area contributed by atoms with Crippen molar-refractivity contribution in [2.45, 2.75) is 26.2 Å². The summed E-state index contributed by atoms with van der Waals surface area (Å²) in [5.41, 5.74) is 8.18. The van der Waals surface area contributed by atoms with Crippen LogP contribution in [0.15, 0.2) is 54.1 Å². The van der Waals surface area contributed by atoms with Crippen molar-refractivity contribution < 1.29 is 9.53 Å². The molecule has 1 fully saturated rings. The van der Waals surface area contributed by atoms with Gasteiger partial charge in [0.25, 0.3) is 0 Å². The van der Waals surface area contributed by atoms with Crippen LogP contribution in [-0.4, -0.2) is 43.8 Å². The SMILES string of the molecule is CCCOC(=O)NCCN1CCC(=C2c3ccccc3C=Cc3ccccc32)CC1. The first-order valence-corrected chi connectivity index (χ1v) is 11.0. The molecule has 4 heteroatoms. The van der Waals surface area contributed by atoms with Gasteiger partial charge in [-0.15, -0.1) is 0 Å². The average Bonchev–Trinajstić information content (AvgIpc) is 2.95. The predicted molar refractivity (Wildman–Crippen MR) is 123 cm³/mol. The third-order valence-electron chi connectivity index (χ3n) is 5.85. The molecule has 1 N–H and O–H groups in total. The molecule has 0 atom stereocenters. The molecule has 2 aliphatic rings. The molecule has 0 saturated carbocycles. The molecule has 1 aliphatic carbocycles. The first-order chi connectivity index (χ1) is 14.8. The number of ether oxygens (including phenoxy) is 1. The van der Waals surface area contributed by atoms with Gasteiger partial charge in [0.15, 0.2) is 0 Å². The van der Waals surface area contributed by atoms with Crippen LogP contribution >= 0.6 is 0 Å². The van der Waals surface area contributed by atoms with Crippen molar-refractivity contribution in [3.8, 4) is 0 Å². The highest BCUT2D eigenvalue weighted by Crippen LogP contribution is 2.38. The number of likely N-dealkylation sites (tertiary alicyclic amines) is 1. The number of alkyl carbamates (subject to hydrolysis) is 1. The lowest BCUT2D eigenvalue weighted by molar-refractivity contribution is 0.144. The Labute approximate surface area is 179 Å². The minimum Gasteiger partial charge on any atom is -0.450 e. The largest absolute Gasteiger partial charge is 0.450 e. The van der Waals surface area contributed by atoms with Crippen molar-refractivity contribution >= 4 is 23.8 Å². The number of piperidine rings is 1. The second-order valence-electron chi connectivity index (χ2n) is 7.89. The molecule has 1 amide bonds. The van der Waals surface area contributed by atoms with Crippen LogP contribution in [0.25, 0.3) is 17.7 Å². The van der Waals surface area contributed by atoms with E-state index in [1.807, 2.05) is 6.92 Å². The topological polar surface area (TPSA) is 41.6 Å². The molecule has 1 saturated heterocycles. The molecular formula is C26H30N2O2. The minimum absolute atomic E-state index is 0.309. The maximum absolute atomic E-state index is 11.6. The first kappa shape index (κ1) is 20.4. The summed E-state index contributed by atoms with van der Waals surface area (Å²) < 4.78 is 5.07. The highest BCUT2D eigenvalue weighted by atomic mass is 16.5. The molecule has 4 nitrogen and oxygen atoms in total.